The Morgan fingerprint density at radius 2 is 2.20 bits per heavy atom. The van der Waals surface area contributed by atoms with Crippen LogP contribution in [0.5, 0.6) is 0 Å². The van der Waals surface area contributed by atoms with Crippen LogP contribution in [0.25, 0.3) is 10.9 Å². The molecule has 0 aliphatic carbocycles. The van der Waals surface area contributed by atoms with Crippen LogP contribution in [0.1, 0.15) is 26.5 Å². The number of nitriles is 1. The van der Waals surface area contributed by atoms with Crippen LogP contribution in [0, 0.1) is 17.2 Å². The van der Waals surface area contributed by atoms with Gasteiger partial charge in [-0.25, -0.2) is 4.98 Å². The Labute approximate surface area is 186 Å². The Hall–Kier alpha value is -2.57. The molecule has 0 spiro atoms. The fourth-order valence-corrected chi connectivity index (χ4v) is 3.90. The van der Waals surface area contributed by atoms with E-state index in [2.05, 4.69) is 32.3 Å². The normalized spacial score (nSPS) is 13.2. The van der Waals surface area contributed by atoms with Crippen molar-refractivity contribution in [2.75, 3.05) is 5.75 Å². The zero-order valence-electron chi connectivity index (χ0n) is 16.8. The number of aromatic nitrogens is 2. The lowest BCUT2D eigenvalue weighted by molar-refractivity contribution is -0.120. The zero-order valence-corrected chi connectivity index (χ0v) is 19.2. The van der Waals surface area contributed by atoms with Crippen molar-refractivity contribution in [1.82, 2.24) is 14.9 Å². The molecule has 0 aliphatic heterocycles. The molecule has 0 saturated heterocycles. The van der Waals surface area contributed by atoms with Crippen LogP contribution in [0.2, 0.25) is 0 Å². The van der Waals surface area contributed by atoms with Crippen molar-refractivity contribution in [1.29, 1.82) is 5.26 Å². The van der Waals surface area contributed by atoms with Gasteiger partial charge in [-0.2, -0.15) is 5.26 Å². The van der Waals surface area contributed by atoms with E-state index in [0.29, 0.717) is 21.8 Å². The number of thioether (sulfide) groups is 1. The molecule has 0 saturated carbocycles. The SMILES string of the molecule is CC(C)[C@@](C)(C#N)NC(=O)CSc1nc2ccc(Br)cc2c(=O)n1Cc1ccco1. The van der Waals surface area contributed by atoms with Crippen molar-refractivity contribution in [2.24, 2.45) is 5.92 Å². The second kappa shape index (κ2) is 9.06. The molecule has 3 rings (SSSR count). The topological polar surface area (TPSA) is 101 Å². The van der Waals surface area contributed by atoms with E-state index < -0.39 is 5.54 Å². The zero-order chi connectivity index (χ0) is 21.9. The minimum Gasteiger partial charge on any atom is -0.467 e. The highest BCUT2D eigenvalue weighted by Crippen LogP contribution is 2.22. The minimum atomic E-state index is -0.964. The first-order chi connectivity index (χ1) is 14.2. The van der Waals surface area contributed by atoms with Gasteiger partial charge < -0.3 is 9.73 Å². The molecule has 2 aromatic heterocycles. The predicted octanol–water partition coefficient (Wildman–Crippen LogP) is 3.95. The molecule has 0 fully saturated rings. The van der Waals surface area contributed by atoms with Crippen LogP contribution in [0.4, 0.5) is 0 Å². The summed E-state index contributed by atoms with van der Waals surface area (Å²) < 4.78 is 7.67. The minimum absolute atomic E-state index is 0.0244. The van der Waals surface area contributed by atoms with E-state index in [9.17, 15) is 14.9 Å². The van der Waals surface area contributed by atoms with Gasteiger partial charge in [-0.3, -0.25) is 14.2 Å². The first-order valence-electron chi connectivity index (χ1n) is 9.31. The number of halogens is 1. The van der Waals surface area contributed by atoms with Gasteiger partial charge >= 0.3 is 0 Å². The Bertz CT molecular complexity index is 1170. The van der Waals surface area contributed by atoms with Crippen LogP contribution in [0.15, 0.2) is 55.4 Å². The van der Waals surface area contributed by atoms with E-state index in [4.69, 9.17) is 4.42 Å². The number of nitrogens with one attached hydrogen (secondary N) is 1. The third-order valence-electron chi connectivity index (χ3n) is 4.89. The first-order valence-corrected chi connectivity index (χ1v) is 11.1. The lowest BCUT2D eigenvalue weighted by Crippen LogP contribution is -2.49. The third-order valence-corrected chi connectivity index (χ3v) is 6.36. The summed E-state index contributed by atoms with van der Waals surface area (Å²) in [4.78, 5) is 30.2. The molecule has 156 valence electrons. The second-order valence-electron chi connectivity index (χ2n) is 7.33. The van der Waals surface area contributed by atoms with Crippen molar-refractivity contribution in [3.8, 4) is 6.07 Å². The first kappa shape index (κ1) is 22.1. The molecule has 1 atom stereocenters. The molecule has 0 unspecified atom stereocenters. The maximum atomic E-state index is 13.1. The lowest BCUT2D eigenvalue weighted by atomic mass is 9.90. The number of nitrogens with zero attached hydrogens (tertiary/aromatic N) is 3. The summed E-state index contributed by atoms with van der Waals surface area (Å²) in [5.74, 6) is 0.283. The number of amides is 1. The summed E-state index contributed by atoms with van der Waals surface area (Å²) in [6.07, 6.45) is 1.54. The van der Waals surface area contributed by atoms with E-state index in [1.165, 1.54) is 4.57 Å². The molecule has 1 aromatic carbocycles. The predicted molar refractivity (Wildman–Crippen MR) is 119 cm³/mol. The van der Waals surface area contributed by atoms with Crippen LogP contribution in [-0.4, -0.2) is 26.8 Å². The molecular formula is C21H21BrN4O3S. The van der Waals surface area contributed by atoms with Crippen molar-refractivity contribution >= 4 is 44.5 Å². The fourth-order valence-electron chi connectivity index (χ4n) is 2.74. The van der Waals surface area contributed by atoms with Crippen molar-refractivity contribution in [3.63, 3.8) is 0 Å². The molecule has 1 amide bonds. The molecule has 3 aromatic rings. The molecule has 0 aliphatic rings. The molecular weight excluding hydrogens is 468 g/mol. The number of hydrogen-bond donors (Lipinski definition) is 1. The van der Waals surface area contributed by atoms with Gasteiger partial charge in [0, 0.05) is 4.47 Å². The van der Waals surface area contributed by atoms with Crippen LogP contribution >= 0.6 is 27.7 Å². The molecule has 1 N–H and O–H groups in total. The number of carbonyl (C=O) groups is 1. The maximum absolute atomic E-state index is 13.1. The van der Waals surface area contributed by atoms with Crippen LogP contribution in [-0.2, 0) is 11.3 Å². The van der Waals surface area contributed by atoms with E-state index in [-0.39, 0.29) is 29.7 Å². The Morgan fingerprint density at radius 1 is 1.43 bits per heavy atom. The van der Waals surface area contributed by atoms with Crippen molar-refractivity contribution in [3.05, 3.63) is 57.2 Å². The molecule has 7 nitrogen and oxygen atoms in total. The molecule has 2 heterocycles. The van der Waals surface area contributed by atoms with Gasteiger partial charge in [0.25, 0.3) is 5.56 Å². The standard InChI is InChI=1S/C21H21BrN4O3S/c1-13(2)21(3,12-23)25-18(27)11-30-20-24-17-7-6-14(22)9-16(17)19(28)26(20)10-15-5-4-8-29-15/h4-9,13H,10-11H2,1-3H3,(H,25,27)/t21-/m1/s1. The summed E-state index contributed by atoms with van der Waals surface area (Å²) in [5.41, 5.74) is -0.635. The van der Waals surface area contributed by atoms with Gasteiger partial charge in [0.15, 0.2) is 5.16 Å². The van der Waals surface area contributed by atoms with Gasteiger partial charge in [-0.1, -0.05) is 41.5 Å². The van der Waals surface area contributed by atoms with E-state index in [1.807, 2.05) is 19.9 Å². The summed E-state index contributed by atoms with van der Waals surface area (Å²) in [6.45, 7) is 5.65. The molecule has 9 heteroatoms. The van der Waals surface area contributed by atoms with Gasteiger partial charge in [-0.15, -0.1) is 0 Å². The van der Waals surface area contributed by atoms with Gasteiger partial charge in [0.05, 0.1) is 35.5 Å². The Kier molecular flexibility index (Phi) is 6.68. The van der Waals surface area contributed by atoms with E-state index in [1.54, 1.807) is 37.5 Å². The summed E-state index contributed by atoms with van der Waals surface area (Å²) in [6, 6.07) is 11.0. The monoisotopic (exact) mass is 488 g/mol. The van der Waals surface area contributed by atoms with Gasteiger partial charge in [0.1, 0.15) is 11.3 Å². The number of carbonyl (C=O) groups excluding carboxylic acids is 1. The van der Waals surface area contributed by atoms with Gasteiger partial charge in [-0.05, 0) is 43.2 Å². The fraction of sp³-hybridized carbons (Fsp3) is 0.333. The smallest absolute Gasteiger partial charge is 0.262 e. The molecule has 0 bridgehead atoms. The largest absolute Gasteiger partial charge is 0.467 e. The maximum Gasteiger partial charge on any atom is 0.262 e. The third kappa shape index (κ3) is 4.77. The number of hydrogen-bond acceptors (Lipinski definition) is 6. The van der Waals surface area contributed by atoms with Crippen LogP contribution < -0.4 is 10.9 Å². The summed E-state index contributed by atoms with van der Waals surface area (Å²) in [7, 11) is 0. The lowest BCUT2D eigenvalue weighted by Gasteiger charge is -2.27. The highest BCUT2D eigenvalue weighted by Gasteiger charge is 2.30. The van der Waals surface area contributed by atoms with E-state index in [0.717, 1.165) is 16.2 Å². The number of benzene rings is 1. The second-order valence-corrected chi connectivity index (χ2v) is 9.19. The van der Waals surface area contributed by atoms with Crippen molar-refractivity contribution in [2.45, 2.75) is 38.0 Å². The summed E-state index contributed by atoms with van der Waals surface area (Å²) in [5, 5.41) is 13.1. The Morgan fingerprint density at radius 3 is 2.83 bits per heavy atom. The Balaban J connectivity index is 1.92. The van der Waals surface area contributed by atoms with E-state index >= 15 is 0 Å². The number of furan rings is 1. The summed E-state index contributed by atoms with van der Waals surface area (Å²) >= 11 is 4.54. The van der Waals surface area contributed by atoms with Crippen LogP contribution in [0.3, 0.4) is 0 Å². The number of fused-ring (bicyclic) bond motifs is 1. The average molecular weight is 489 g/mol. The quantitative estimate of drug-likeness (QED) is 0.399. The molecule has 30 heavy (non-hydrogen) atoms. The number of rotatable bonds is 7. The van der Waals surface area contributed by atoms with Crippen molar-refractivity contribution < 1.29 is 9.21 Å². The highest BCUT2D eigenvalue weighted by atomic mass is 79.9. The van der Waals surface area contributed by atoms with Gasteiger partial charge in [0.2, 0.25) is 5.91 Å². The highest BCUT2D eigenvalue weighted by molar-refractivity contribution is 9.10. The molecule has 0 radical (unpaired) electrons. The average Bonchev–Trinajstić information content (AvgIpc) is 3.22.